The molecule has 0 aromatic heterocycles. The molecule has 0 heterocycles. The van der Waals surface area contributed by atoms with Crippen LogP contribution in [-0.4, -0.2) is 22.5 Å². The van der Waals surface area contributed by atoms with Crippen LogP contribution in [0.4, 0.5) is 11.4 Å². The average molecular weight is 259 g/mol. The highest BCUT2D eigenvalue weighted by atomic mass is 35.5. The molecule has 2 N–H and O–H groups in total. The molecule has 0 aliphatic heterocycles. The normalized spacial score (nSPS) is 9.94. The Kier molecular flexibility index (Phi) is 4.71. The van der Waals surface area contributed by atoms with Gasteiger partial charge < -0.3 is 10.4 Å². The highest BCUT2D eigenvalue weighted by Gasteiger charge is 2.17. The van der Waals surface area contributed by atoms with Crippen LogP contribution in [0.3, 0.4) is 0 Å². The zero-order valence-electron chi connectivity index (χ0n) is 8.85. The van der Waals surface area contributed by atoms with Gasteiger partial charge in [-0.15, -0.1) is 0 Å². The second-order valence-corrected chi connectivity index (χ2v) is 3.72. The van der Waals surface area contributed by atoms with Gasteiger partial charge in [-0.05, 0) is 18.6 Å². The summed E-state index contributed by atoms with van der Waals surface area (Å²) in [5.41, 5.74) is 0.109. The number of nitro groups is 1. The standard InChI is InChI=1S/C10H11ClN2O4/c11-7-3-1-4-8(10(7)13(16)17)12-6-2-5-9(14)15/h1,3-4,12H,2,5-6H2,(H,14,15). The third-order valence-corrected chi connectivity index (χ3v) is 2.36. The van der Waals surface area contributed by atoms with E-state index >= 15 is 0 Å². The molecule has 6 nitrogen and oxygen atoms in total. The van der Waals surface area contributed by atoms with Crippen molar-refractivity contribution in [1.82, 2.24) is 0 Å². The summed E-state index contributed by atoms with van der Waals surface area (Å²) < 4.78 is 0. The lowest BCUT2D eigenvalue weighted by molar-refractivity contribution is -0.383. The van der Waals surface area contributed by atoms with Crippen LogP contribution in [-0.2, 0) is 4.79 Å². The van der Waals surface area contributed by atoms with Crippen molar-refractivity contribution in [2.75, 3.05) is 11.9 Å². The summed E-state index contributed by atoms with van der Waals surface area (Å²) in [4.78, 5) is 20.5. The molecular weight excluding hydrogens is 248 g/mol. The first-order valence-corrected chi connectivity index (χ1v) is 5.28. The lowest BCUT2D eigenvalue weighted by atomic mass is 10.2. The summed E-state index contributed by atoms with van der Waals surface area (Å²) in [5, 5.41) is 22.1. The number of halogens is 1. The fourth-order valence-corrected chi connectivity index (χ4v) is 1.55. The summed E-state index contributed by atoms with van der Waals surface area (Å²) in [6, 6.07) is 4.56. The van der Waals surface area contributed by atoms with Gasteiger partial charge in [0.05, 0.1) is 4.92 Å². The van der Waals surface area contributed by atoms with Crippen LogP contribution in [0, 0.1) is 10.1 Å². The highest BCUT2D eigenvalue weighted by molar-refractivity contribution is 6.33. The minimum absolute atomic E-state index is 0.0152. The Bertz CT molecular complexity index is 436. The molecule has 1 aromatic carbocycles. The van der Waals surface area contributed by atoms with Gasteiger partial charge in [0.15, 0.2) is 0 Å². The summed E-state index contributed by atoms with van der Waals surface area (Å²) >= 11 is 5.71. The molecular formula is C10H11ClN2O4. The van der Waals surface area contributed by atoms with E-state index in [0.717, 1.165) is 0 Å². The van der Waals surface area contributed by atoms with Gasteiger partial charge in [-0.2, -0.15) is 0 Å². The summed E-state index contributed by atoms with van der Waals surface area (Å²) in [7, 11) is 0. The van der Waals surface area contributed by atoms with Crippen LogP contribution in [0.2, 0.25) is 5.02 Å². The maximum Gasteiger partial charge on any atom is 0.310 e. The van der Waals surface area contributed by atoms with E-state index in [0.29, 0.717) is 18.7 Å². The monoisotopic (exact) mass is 258 g/mol. The smallest absolute Gasteiger partial charge is 0.310 e. The molecule has 0 saturated heterocycles. The van der Waals surface area contributed by atoms with Crippen LogP contribution in [0.1, 0.15) is 12.8 Å². The zero-order chi connectivity index (χ0) is 12.8. The second kappa shape index (κ2) is 6.05. The number of anilines is 1. The Morgan fingerprint density at radius 3 is 2.82 bits per heavy atom. The van der Waals surface area contributed by atoms with Gasteiger partial charge in [-0.1, -0.05) is 17.7 Å². The number of hydrogen-bond donors (Lipinski definition) is 2. The molecule has 0 unspecified atom stereocenters. The fourth-order valence-electron chi connectivity index (χ4n) is 1.31. The Hall–Kier alpha value is -1.82. The number of rotatable bonds is 6. The van der Waals surface area contributed by atoms with Gasteiger partial charge in [-0.25, -0.2) is 0 Å². The van der Waals surface area contributed by atoms with E-state index in [1.54, 1.807) is 6.07 Å². The largest absolute Gasteiger partial charge is 0.481 e. The minimum atomic E-state index is -0.896. The molecule has 0 saturated carbocycles. The second-order valence-electron chi connectivity index (χ2n) is 3.32. The van der Waals surface area contributed by atoms with E-state index in [4.69, 9.17) is 16.7 Å². The topological polar surface area (TPSA) is 92.5 Å². The minimum Gasteiger partial charge on any atom is -0.481 e. The van der Waals surface area contributed by atoms with Crippen LogP contribution >= 0.6 is 11.6 Å². The lowest BCUT2D eigenvalue weighted by Crippen LogP contribution is -2.06. The van der Waals surface area contributed by atoms with E-state index in [1.807, 2.05) is 0 Å². The molecule has 0 fully saturated rings. The van der Waals surface area contributed by atoms with Gasteiger partial charge >= 0.3 is 11.7 Å². The molecule has 0 bridgehead atoms. The predicted molar refractivity (Wildman–Crippen MR) is 63.5 cm³/mol. The van der Waals surface area contributed by atoms with Gasteiger partial charge in [0.25, 0.3) is 0 Å². The number of carbonyl (C=O) groups is 1. The van der Waals surface area contributed by atoms with Gasteiger partial charge in [-0.3, -0.25) is 14.9 Å². The van der Waals surface area contributed by atoms with Crippen LogP contribution in [0.15, 0.2) is 18.2 Å². The molecule has 0 aliphatic carbocycles. The number of hydrogen-bond acceptors (Lipinski definition) is 4. The van der Waals surface area contributed by atoms with E-state index < -0.39 is 10.9 Å². The van der Waals surface area contributed by atoms with Crippen molar-refractivity contribution in [3.05, 3.63) is 33.3 Å². The molecule has 92 valence electrons. The molecule has 0 aliphatic rings. The van der Waals surface area contributed by atoms with Crippen molar-refractivity contribution >= 4 is 28.9 Å². The van der Waals surface area contributed by atoms with Crippen molar-refractivity contribution in [3.63, 3.8) is 0 Å². The lowest BCUT2D eigenvalue weighted by Gasteiger charge is -2.06. The van der Waals surface area contributed by atoms with Crippen LogP contribution < -0.4 is 5.32 Å². The molecule has 1 aromatic rings. The molecule has 0 atom stereocenters. The van der Waals surface area contributed by atoms with Gasteiger partial charge in [0.1, 0.15) is 10.7 Å². The number of nitrogens with zero attached hydrogens (tertiary/aromatic N) is 1. The molecule has 0 spiro atoms. The number of nitrogens with one attached hydrogen (secondary N) is 1. The molecule has 7 heteroatoms. The third-order valence-electron chi connectivity index (χ3n) is 2.05. The first-order chi connectivity index (χ1) is 8.02. The molecule has 1 rings (SSSR count). The first kappa shape index (κ1) is 13.2. The van der Waals surface area contributed by atoms with E-state index in [1.165, 1.54) is 12.1 Å². The SMILES string of the molecule is O=C(O)CCCNc1cccc(Cl)c1[N+](=O)[O-]. The number of aliphatic carboxylic acids is 1. The van der Waals surface area contributed by atoms with Crippen molar-refractivity contribution < 1.29 is 14.8 Å². The number of carboxylic acids is 1. The highest BCUT2D eigenvalue weighted by Crippen LogP contribution is 2.32. The third kappa shape index (κ3) is 3.92. The summed E-state index contributed by atoms with van der Waals surface area (Å²) in [6.07, 6.45) is 0.403. The molecule has 17 heavy (non-hydrogen) atoms. The summed E-state index contributed by atoms with van der Waals surface area (Å²) in [6.45, 7) is 0.341. The van der Waals surface area contributed by atoms with Crippen molar-refractivity contribution in [2.45, 2.75) is 12.8 Å². The maximum absolute atomic E-state index is 10.8. The van der Waals surface area contributed by atoms with E-state index in [-0.39, 0.29) is 17.1 Å². The van der Waals surface area contributed by atoms with Crippen molar-refractivity contribution in [2.24, 2.45) is 0 Å². The Morgan fingerprint density at radius 1 is 1.53 bits per heavy atom. The number of nitro benzene ring substituents is 1. The van der Waals surface area contributed by atoms with E-state index in [9.17, 15) is 14.9 Å². The van der Waals surface area contributed by atoms with Gasteiger partial charge in [0, 0.05) is 13.0 Å². The number of benzene rings is 1. The zero-order valence-corrected chi connectivity index (χ0v) is 9.61. The average Bonchev–Trinajstić information content (AvgIpc) is 2.23. The van der Waals surface area contributed by atoms with Gasteiger partial charge in [0.2, 0.25) is 0 Å². The van der Waals surface area contributed by atoms with Crippen molar-refractivity contribution in [3.8, 4) is 0 Å². The van der Waals surface area contributed by atoms with Crippen LogP contribution in [0.5, 0.6) is 0 Å². The van der Waals surface area contributed by atoms with E-state index in [2.05, 4.69) is 5.32 Å². The Labute approximate surface area is 102 Å². The molecule has 0 radical (unpaired) electrons. The number of para-hydroxylation sites is 1. The summed E-state index contributed by atoms with van der Waals surface area (Å²) in [5.74, 6) is -0.896. The van der Waals surface area contributed by atoms with Crippen molar-refractivity contribution in [1.29, 1.82) is 0 Å². The Morgan fingerprint density at radius 2 is 2.24 bits per heavy atom. The quantitative estimate of drug-likeness (QED) is 0.465. The Balaban J connectivity index is 2.67. The fraction of sp³-hybridized carbons (Fsp3) is 0.300. The maximum atomic E-state index is 10.8. The predicted octanol–water partition coefficient (Wildman–Crippen LogP) is 2.52. The molecule has 0 amide bonds. The first-order valence-electron chi connectivity index (χ1n) is 4.91. The number of carboxylic acid groups (broad SMARTS) is 1. The van der Waals surface area contributed by atoms with Crippen LogP contribution in [0.25, 0.3) is 0 Å².